The molecule has 0 saturated carbocycles. The molecule has 0 bridgehead atoms. The molecular formula is C50H38N4O2. The summed E-state index contributed by atoms with van der Waals surface area (Å²) in [4.78, 5) is 28.6. The molecule has 1 saturated heterocycles. The first-order chi connectivity index (χ1) is 27.1. The lowest BCUT2D eigenvalue weighted by Crippen LogP contribution is -2.35. The fourth-order valence-electron chi connectivity index (χ4n) is 9.13. The molecule has 0 spiro atoms. The van der Waals surface area contributed by atoms with E-state index in [0.29, 0.717) is 5.69 Å². The number of benzene rings is 7. The van der Waals surface area contributed by atoms with Gasteiger partial charge < -0.3 is 13.7 Å². The van der Waals surface area contributed by atoms with Crippen LogP contribution in [0.25, 0.3) is 82.5 Å². The predicted octanol–water partition coefficient (Wildman–Crippen LogP) is 11.9. The molecule has 10 aromatic rings. The first kappa shape index (κ1) is 32.5. The maximum absolute atomic E-state index is 13.6. The summed E-state index contributed by atoms with van der Waals surface area (Å²) >= 11 is 0. The van der Waals surface area contributed by atoms with Crippen LogP contribution in [0.3, 0.4) is 0 Å². The Morgan fingerprint density at radius 1 is 0.321 bits per heavy atom. The molecule has 0 atom stereocenters. The van der Waals surface area contributed by atoms with E-state index in [2.05, 4.69) is 147 Å². The Hall–Kier alpha value is -6.92. The number of hydrogen-bond donors (Lipinski definition) is 0. The van der Waals surface area contributed by atoms with Crippen molar-refractivity contribution in [3.8, 4) is 17.1 Å². The summed E-state index contributed by atoms with van der Waals surface area (Å²) in [5, 5.41) is 7.14. The number of nitrogens with zero attached hydrogens (tertiary/aromatic N) is 4. The van der Waals surface area contributed by atoms with Gasteiger partial charge in [0.2, 0.25) is 11.8 Å². The number of para-hydroxylation sites is 4. The molecule has 0 N–H and O–H groups in total. The van der Waals surface area contributed by atoms with Crippen LogP contribution in [0.5, 0.6) is 0 Å². The summed E-state index contributed by atoms with van der Waals surface area (Å²) in [5.41, 5.74) is 8.87. The number of rotatable bonds is 4. The minimum absolute atomic E-state index is 0.174. The SMILES string of the molecule is CC1(C)C(=O)N(c2ccc(-n3c4ccc(-n5c6ccccc6c6ccccc65)cc4c4cc(-n5c6ccccc6c6ccccc65)ccc43)cc2)C(=O)C1(C)C. The molecule has 6 heteroatoms. The zero-order valence-electron chi connectivity index (χ0n) is 31.6. The second-order valence-electron chi connectivity index (χ2n) is 16.2. The number of hydrogen-bond acceptors (Lipinski definition) is 2. The van der Waals surface area contributed by atoms with Crippen LogP contribution >= 0.6 is 0 Å². The molecule has 2 amide bonds. The highest BCUT2D eigenvalue weighted by molar-refractivity contribution is 6.25. The quantitative estimate of drug-likeness (QED) is 0.170. The molecule has 6 nitrogen and oxygen atoms in total. The predicted molar refractivity (Wildman–Crippen MR) is 230 cm³/mol. The van der Waals surface area contributed by atoms with Gasteiger partial charge in [0, 0.05) is 49.4 Å². The van der Waals surface area contributed by atoms with Crippen molar-refractivity contribution in [2.75, 3.05) is 4.90 Å². The molecule has 7 aromatic carbocycles. The van der Waals surface area contributed by atoms with Gasteiger partial charge in [-0.2, -0.15) is 0 Å². The van der Waals surface area contributed by atoms with Crippen LogP contribution in [0, 0.1) is 10.8 Å². The zero-order chi connectivity index (χ0) is 38.1. The summed E-state index contributed by atoms with van der Waals surface area (Å²) < 4.78 is 7.03. The highest BCUT2D eigenvalue weighted by atomic mass is 16.2. The van der Waals surface area contributed by atoms with Crippen LogP contribution in [-0.4, -0.2) is 25.5 Å². The summed E-state index contributed by atoms with van der Waals surface area (Å²) in [6, 6.07) is 55.8. The minimum atomic E-state index is -0.808. The second kappa shape index (κ2) is 11.3. The lowest BCUT2D eigenvalue weighted by atomic mass is 9.70. The third-order valence-electron chi connectivity index (χ3n) is 12.8. The number of fused-ring (bicyclic) bond motifs is 9. The van der Waals surface area contributed by atoms with E-state index in [0.717, 1.165) is 60.9 Å². The molecule has 1 aliphatic heterocycles. The van der Waals surface area contributed by atoms with E-state index >= 15 is 0 Å². The lowest BCUT2D eigenvalue weighted by molar-refractivity contribution is -0.129. The third kappa shape index (κ3) is 4.21. The summed E-state index contributed by atoms with van der Waals surface area (Å²) in [6.45, 7) is 7.45. The molecule has 1 aliphatic rings. The van der Waals surface area contributed by atoms with E-state index in [1.807, 2.05) is 52.0 Å². The maximum atomic E-state index is 13.6. The van der Waals surface area contributed by atoms with Gasteiger partial charge in [-0.1, -0.05) is 72.8 Å². The Morgan fingerprint density at radius 2 is 0.607 bits per heavy atom. The van der Waals surface area contributed by atoms with Crippen LogP contribution < -0.4 is 4.90 Å². The minimum Gasteiger partial charge on any atom is -0.309 e. The largest absolute Gasteiger partial charge is 0.309 e. The fraction of sp³-hybridized carbons (Fsp3) is 0.120. The van der Waals surface area contributed by atoms with Gasteiger partial charge in [0.1, 0.15) is 0 Å². The van der Waals surface area contributed by atoms with E-state index in [1.165, 1.54) is 26.4 Å². The molecule has 0 unspecified atom stereocenters. The molecule has 1 fully saturated rings. The lowest BCUT2D eigenvalue weighted by Gasteiger charge is -2.28. The Kier molecular flexibility index (Phi) is 6.56. The highest BCUT2D eigenvalue weighted by Gasteiger charge is 2.59. The van der Waals surface area contributed by atoms with Crippen LogP contribution in [0.1, 0.15) is 27.7 Å². The second-order valence-corrected chi connectivity index (χ2v) is 16.2. The Bertz CT molecular complexity index is 3000. The molecule has 4 heterocycles. The van der Waals surface area contributed by atoms with E-state index in [9.17, 15) is 9.59 Å². The Balaban J connectivity index is 1.15. The monoisotopic (exact) mass is 726 g/mol. The van der Waals surface area contributed by atoms with Crippen molar-refractivity contribution in [3.63, 3.8) is 0 Å². The number of amides is 2. The van der Waals surface area contributed by atoms with Gasteiger partial charge in [-0.15, -0.1) is 0 Å². The van der Waals surface area contributed by atoms with Crippen molar-refractivity contribution in [1.29, 1.82) is 0 Å². The Morgan fingerprint density at radius 3 is 0.982 bits per heavy atom. The number of carbonyl (C=O) groups is 2. The van der Waals surface area contributed by atoms with E-state index in [1.54, 1.807) is 0 Å². The molecule has 56 heavy (non-hydrogen) atoms. The van der Waals surface area contributed by atoms with Gasteiger partial charge in [-0.05, 0) is 113 Å². The van der Waals surface area contributed by atoms with E-state index in [4.69, 9.17) is 0 Å². The Labute approximate surface area is 323 Å². The van der Waals surface area contributed by atoms with Crippen molar-refractivity contribution in [2.24, 2.45) is 10.8 Å². The van der Waals surface area contributed by atoms with Crippen molar-refractivity contribution in [1.82, 2.24) is 13.7 Å². The molecule has 11 rings (SSSR count). The van der Waals surface area contributed by atoms with Crippen LogP contribution in [-0.2, 0) is 9.59 Å². The molecule has 3 aromatic heterocycles. The fourth-order valence-corrected chi connectivity index (χ4v) is 9.13. The van der Waals surface area contributed by atoms with Crippen LogP contribution in [0.2, 0.25) is 0 Å². The highest BCUT2D eigenvalue weighted by Crippen LogP contribution is 2.49. The average Bonchev–Trinajstić information content (AvgIpc) is 3.88. The summed E-state index contributed by atoms with van der Waals surface area (Å²) in [5.74, 6) is -0.348. The van der Waals surface area contributed by atoms with Gasteiger partial charge in [-0.3, -0.25) is 9.59 Å². The summed E-state index contributed by atoms with van der Waals surface area (Å²) in [6.07, 6.45) is 0. The van der Waals surface area contributed by atoms with Gasteiger partial charge in [0.05, 0.1) is 49.6 Å². The molecule has 0 radical (unpaired) electrons. The first-order valence-electron chi connectivity index (χ1n) is 19.2. The average molecular weight is 727 g/mol. The van der Waals surface area contributed by atoms with Crippen molar-refractivity contribution in [3.05, 3.63) is 158 Å². The van der Waals surface area contributed by atoms with Crippen LogP contribution in [0.15, 0.2) is 158 Å². The molecule has 270 valence electrons. The van der Waals surface area contributed by atoms with Crippen molar-refractivity contribution < 1.29 is 9.59 Å². The van der Waals surface area contributed by atoms with Gasteiger partial charge in [0.15, 0.2) is 0 Å². The number of aromatic nitrogens is 3. The van der Waals surface area contributed by atoms with Gasteiger partial charge in [0.25, 0.3) is 0 Å². The first-order valence-corrected chi connectivity index (χ1v) is 19.2. The summed E-state index contributed by atoms with van der Waals surface area (Å²) in [7, 11) is 0. The smallest absolute Gasteiger partial charge is 0.240 e. The van der Waals surface area contributed by atoms with Gasteiger partial charge >= 0.3 is 0 Å². The van der Waals surface area contributed by atoms with Crippen molar-refractivity contribution >= 4 is 82.9 Å². The van der Waals surface area contributed by atoms with Crippen LogP contribution in [0.4, 0.5) is 5.69 Å². The number of anilines is 1. The zero-order valence-corrected chi connectivity index (χ0v) is 31.6. The third-order valence-corrected chi connectivity index (χ3v) is 12.8. The molecule has 0 aliphatic carbocycles. The maximum Gasteiger partial charge on any atom is 0.240 e. The number of carbonyl (C=O) groups excluding carboxylic acids is 2. The standard InChI is InChI=1S/C50H38N4O2/c1-49(2)47(55)54(48(56)50(49,3)4)32-23-21-31(22-24-32)51-45-27-25-33(52-41-17-9-5-13-35(41)36-14-6-10-18-42(36)52)29-39(45)40-30-34(26-28-46(40)51)53-43-19-11-7-15-37(43)38-16-8-12-20-44(38)53/h5-30H,1-4H3. The molecular weight excluding hydrogens is 689 g/mol. The van der Waals surface area contributed by atoms with E-state index < -0.39 is 10.8 Å². The van der Waals surface area contributed by atoms with Gasteiger partial charge in [-0.25, -0.2) is 4.90 Å². The normalized spacial score (nSPS) is 15.5. The van der Waals surface area contributed by atoms with Crippen molar-refractivity contribution in [2.45, 2.75) is 27.7 Å². The number of imide groups is 1. The topological polar surface area (TPSA) is 52.2 Å². The van der Waals surface area contributed by atoms with E-state index in [-0.39, 0.29) is 11.8 Å².